The first-order chi connectivity index (χ1) is 9.65. The van der Waals surface area contributed by atoms with E-state index in [1.807, 2.05) is 12.1 Å². The van der Waals surface area contributed by atoms with Gasteiger partial charge in [-0.15, -0.1) is 0 Å². The van der Waals surface area contributed by atoms with Crippen molar-refractivity contribution in [2.45, 2.75) is 31.7 Å². The van der Waals surface area contributed by atoms with Gasteiger partial charge in [0.2, 0.25) is 0 Å². The van der Waals surface area contributed by atoms with E-state index in [4.69, 9.17) is 11.6 Å². The lowest BCUT2D eigenvalue weighted by Gasteiger charge is -2.31. The Morgan fingerprint density at radius 2 is 1.85 bits per heavy atom. The first-order valence-electron chi connectivity index (χ1n) is 6.95. The van der Waals surface area contributed by atoms with Crippen molar-refractivity contribution in [1.29, 1.82) is 0 Å². The molecule has 0 radical (unpaired) electrons. The Hall–Kier alpha value is -0.990. The third-order valence-corrected chi connectivity index (χ3v) is 5.28. The number of hydrogen-bond donors (Lipinski definition) is 1. The monoisotopic (exact) mass is 349 g/mol. The molecule has 0 aliphatic heterocycles. The van der Waals surface area contributed by atoms with Gasteiger partial charge in [0.25, 0.3) is 0 Å². The highest BCUT2D eigenvalue weighted by molar-refractivity contribution is 9.10. The molecule has 0 heterocycles. The molecular weight excluding hydrogens is 334 g/mol. The molecule has 0 spiro atoms. The minimum Gasteiger partial charge on any atom is -0.378 e. The molecule has 1 aliphatic rings. The zero-order valence-corrected chi connectivity index (χ0v) is 13.7. The molecule has 1 aliphatic carbocycles. The summed E-state index contributed by atoms with van der Waals surface area (Å²) in [6.07, 6.45) is 2.38. The lowest BCUT2D eigenvalue weighted by Crippen LogP contribution is -2.19. The van der Waals surface area contributed by atoms with E-state index in [2.05, 4.69) is 58.5 Å². The number of halogens is 2. The third kappa shape index (κ3) is 2.72. The van der Waals surface area contributed by atoms with Gasteiger partial charge in [-0.05, 0) is 64.0 Å². The second-order valence-corrected chi connectivity index (χ2v) is 6.69. The Bertz CT molecular complexity index is 626. The summed E-state index contributed by atoms with van der Waals surface area (Å²) in [6.45, 7) is 2.31. The fraction of sp³-hybridized carbons (Fsp3) is 0.294. The molecule has 0 aromatic heterocycles. The van der Waals surface area contributed by atoms with Crippen LogP contribution in [-0.2, 0) is 0 Å². The van der Waals surface area contributed by atoms with Crippen LogP contribution in [0, 0.1) is 0 Å². The molecule has 2 unspecified atom stereocenters. The van der Waals surface area contributed by atoms with Crippen LogP contribution in [0.3, 0.4) is 0 Å². The maximum Gasteiger partial charge on any atom is 0.0568 e. The van der Waals surface area contributed by atoms with Crippen LogP contribution in [0.15, 0.2) is 46.9 Å². The summed E-state index contributed by atoms with van der Waals surface area (Å²) in [7, 11) is 0. The zero-order chi connectivity index (χ0) is 14.1. The maximum absolute atomic E-state index is 6.17. The Kier molecular flexibility index (Phi) is 4.04. The van der Waals surface area contributed by atoms with E-state index in [9.17, 15) is 0 Å². The van der Waals surface area contributed by atoms with E-state index < -0.39 is 0 Å². The van der Waals surface area contributed by atoms with Crippen LogP contribution in [0.4, 0.5) is 5.69 Å². The second-order valence-electron chi connectivity index (χ2n) is 5.43. The van der Waals surface area contributed by atoms with E-state index in [-0.39, 0.29) is 0 Å². The quantitative estimate of drug-likeness (QED) is 0.684. The topological polar surface area (TPSA) is 12.0 Å². The van der Waals surface area contributed by atoms with Gasteiger partial charge in [-0.1, -0.05) is 42.8 Å². The van der Waals surface area contributed by atoms with Crippen LogP contribution in [0.2, 0.25) is 5.02 Å². The summed E-state index contributed by atoms with van der Waals surface area (Å²) in [5.41, 5.74) is 3.97. The van der Waals surface area contributed by atoms with Crippen LogP contribution in [0.5, 0.6) is 0 Å². The van der Waals surface area contributed by atoms with Gasteiger partial charge in [0.1, 0.15) is 0 Å². The van der Waals surface area contributed by atoms with Gasteiger partial charge in [0.05, 0.1) is 11.1 Å². The molecule has 0 fully saturated rings. The van der Waals surface area contributed by atoms with Gasteiger partial charge in [-0.25, -0.2) is 0 Å². The molecule has 0 saturated heterocycles. The molecule has 2 aromatic carbocycles. The zero-order valence-electron chi connectivity index (χ0n) is 11.4. The fourth-order valence-corrected chi connectivity index (χ4v) is 3.37. The van der Waals surface area contributed by atoms with Crippen molar-refractivity contribution in [1.82, 2.24) is 0 Å². The minimum absolute atomic E-state index is 0.375. The van der Waals surface area contributed by atoms with Crippen molar-refractivity contribution in [2.75, 3.05) is 5.32 Å². The van der Waals surface area contributed by atoms with Crippen molar-refractivity contribution in [3.05, 3.63) is 63.1 Å². The molecule has 0 saturated carbocycles. The SMILES string of the molecule is CC1CCC(Nc2ccc(Br)c(Cl)c2)c2ccccc21. The largest absolute Gasteiger partial charge is 0.378 e. The molecule has 3 rings (SSSR count). The average molecular weight is 351 g/mol. The van der Waals surface area contributed by atoms with Crippen LogP contribution >= 0.6 is 27.5 Å². The summed E-state index contributed by atoms with van der Waals surface area (Å²) >= 11 is 9.60. The number of nitrogens with one attached hydrogen (secondary N) is 1. The summed E-state index contributed by atoms with van der Waals surface area (Å²) in [5.74, 6) is 0.651. The molecule has 0 amide bonds. The molecule has 20 heavy (non-hydrogen) atoms. The van der Waals surface area contributed by atoms with E-state index >= 15 is 0 Å². The Morgan fingerprint density at radius 1 is 1.10 bits per heavy atom. The smallest absolute Gasteiger partial charge is 0.0568 e. The van der Waals surface area contributed by atoms with Crippen molar-refractivity contribution >= 4 is 33.2 Å². The predicted molar refractivity (Wildman–Crippen MR) is 89.6 cm³/mol. The Labute approximate surface area is 133 Å². The van der Waals surface area contributed by atoms with Gasteiger partial charge in [0.15, 0.2) is 0 Å². The van der Waals surface area contributed by atoms with E-state index in [1.54, 1.807) is 0 Å². The summed E-state index contributed by atoms with van der Waals surface area (Å²) < 4.78 is 0.933. The summed E-state index contributed by atoms with van der Waals surface area (Å²) in [5, 5.41) is 4.36. The number of rotatable bonds is 2. The van der Waals surface area contributed by atoms with E-state index in [1.165, 1.54) is 17.5 Å². The van der Waals surface area contributed by atoms with Gasteiger partial charge >= 0.3 is 0 Å². The van der Waals surface area contributed by atoms with Gasteiger partial charge < -0.3 is 5.32 Å². The van der Waals surface area contributed by atoms with Crippen LogP contribution in [-0.4, -0.2) is 0 Å². The van der Waals surface area contributed by atoms with Crippen molar-refractivity contribution in [2.24, 2.45) is 0 Å². The first kappa shape index (κ1) is 14.0. The predicted octanol–water partition coefficient (Wildman–Crippen LogP) is 6.15. The molecule has 3 heteroatoms. The highest BCUT2D eigenvalue weighted by atomic mass is 79.9. The van der Waals surface area contributed by atoms with Crippen molar-refractivity contribution in [3.63, 3.8) is 0 Å². The molecule has 1 nitrogen and oxygen atoms in total. The lowest BCUT2D eigenvalue weighted by molar-refractivity contribution is 0.534. The molecular formula is C17H17BrClN. The first-order valence-corrected chi connectivity index (χ1v) is 8.12. The highest BCUT2D eigenvalue weighted by Crippen LogP contribution is 2.39. The molecule has 104 valence electrons. The molecule has 2 atom stereocenters. The number of anilines is 1. The Morgan fingerprint density at radius 3 is 2.60 bits per heavy atom. The van der Waals surface area contributed by atoms with Gasteiger partial charge in [0, 0.05) is 10.2 Å². The molecule has 0 bridgehead atoms. The normalized spacial score (nSPS) is 21.4. The average Bonchev–Trinajstić information content (AvgIpc) is 2.46. The van der Waals surface area contributed by atoms with Gasteiger partial charge in [-0.3, -0.25) is 0 Å². The number of hydrogen-bond acceptors (Lipinski definition) is 1. The maximum atomic E-state index is 6.17. The van der Waals surface area contributed by atoms with E-state index in [0.29, 0.717) is 12.0 Å². The molecule has 1 N–H and O–H groups in total. The number of fused-ring (bicyclic) bond motifs is 1. The fourth-order valence-electron chi connectivity index (χ4n) is 2.94. The Balaban J connectivity index is 1.88. The van der Waals surface area contributed by atoms with Crippen molar-refractivity contribution < 1.29 is 0 Å². The van der Waals surface area contributed by atoms with Gasteiger partial charge in [-0.2, -0.15) is 0 Å². The second kappa shape index (κ2) is 5.79. The number of benzene rings is 2. The van der Waals surface area contributed by atoms with E-state index in [0.717, 1.165) is 21.6 Å². The highest BCUT2D eigenvalue weighted by Gasteiger charge is 2.24. The summed E-state index contributed by atoms with van der Waals surface area (Å²) in [4.78, 5) is 0. The van der Waals surface area contributed by atoms with Crippen molar-refractivity contribution in [3.8, 4) is 0 Å². The standard InChI is InChI=1S/C17H17BrClN/c1-11-6-9-17(14-5-3-2-4-13(11)14)20-12-7-8-15(18)16(19)10-12/h2-5,7-8,10-11,17,20H,6,9H2,1H3. The van der Waals surface area contributed by atoms with Crippen LogP contribution in [0.1, 0.15) is 42.9 Å². The van der Waals surface area contributed by atoms with Crippen LogP contribution in [0.25, 0.3) is 0 Å². The molecule has 2 aromatic rings. The van der Waals surface area contributed by atoms with Crippen LogP contribution < -0.4 is 5.32 Å². The lowest BCUT2D eigenvalue weighted by atomic mass is 9.81. The minimum atomic E-state index is 0.375. The third-order valence-electron chi connectivity index (χ3n) is 4.05. The summed E-state index contributed by atoms with van der Waals surface area (Å²) in [6, 6.07) is 15.2.